The van der Waals surface area contributed by atoms with Gasteiger partial charge in [0, 0.05) is 0 Å². The molecule has 1 heteroatoms. The average Bonchev–Trinajstić information content (AvgIpc) is 2.13. The molecule has 0 atom stereocenters. The van der Waals surface area contributed by atoms with E-state index in [0.717, 1.165) is 18.9 Å². The van der Waals surface area contributed by atoms with Gasteiger partial charge >= 0.3 is 0 Å². The number of hydrogen-bond acceptors (Lipinski definition) is 1. The summed E-state index contributed by atoms with van der Waals surface area (Å²) in [5, 5.41) is 3.19. The third-order valence-electron chi connectivity index (χ3n) is 3.19. The predicted molar refractivity (Wildman–Crippen MR) is 60.7 cm³/mol. The molecule has 0 amide bonds. The lowest BCUT2D eigenvalue weighted by Gasteiger charge is -2.26. The van der Waals surface area contributed by atoms with E-state index < -0.39 is 0 Å². The van der Waals surface area contributed by atoms with Crippen molar-refractivity contribution in [3.05, 3.63) is 35.4 Å². The topological polar surface area (TPSA) is 12.0 Å². The molecule has 0 spiro atoms. The van der Waals surface area contributed by atoms with Crippen molar-refractivity contribution < 1.29 is 0 Å². The monoisotopic (exact) mass is 189 g/mol. The molecule has 1 saturated carbocycles. The van der Waals surface area contributed by atoms with Gasteiger partial charge in [-0.05, 0) is 49.9 Å². The zero-order valence-corrected chi connectivity index (χ0v) is 8.92. The van der Waals surface area contributed by atoms with Gasteiger partial charge in [-0.1, -0.05) is 30.7 Å². The normalized spacial score (nSPS) is 16.6. The van der Waals surface area contributed by atoms with Crippen molar-refractivity contribution in [1.82, 2.24) is 5.32 Å². The summed E-state index contributed by atoms with van der Waals surface area (Å²) in [5.41, 5.74) is 3.04. The van der Waals surface area contributed by atoms with Gasteiger partial charge in [0.2, 0.25) is 0 Å². The first kappa shape index (κ1) is 9.72. The molecule has 1 nitrogen and oxygen atoms in total. The van der Waals surface area contributed by atoms with Gasteiger partial charge in [0.25, 0.3) is 0 Å². The van der Waals surface area contributed by atoms with Crippen LogP contribution in [0.5, 0.6) is 0 Å². The second-order valence-electron chi connectivity index (χ2n) is 4.23. The largest absolute Gasteiger partial charge is 0.319 e. The molecule has 1 aromatic carbocycles. The summed E-state index contributed by atoms with van der Waals surface area (Å²) in [6.07, 6.45) is 5.37. The van der Waals surface area contributed by atoms with Crippen molar-refractivity contribution in [3.8, 4) is 0 Å². The van der Waals surface area contributed by atoms with Crippen molar-refractivity contribution in [2.24, 2.45) is 0 Å². The van der Waals surface area contributed by atoms with Crippen molar-refractivity contribution in [2.75, 3.05) is 13.6 Å². The van der Waals surface area contributed by atoms with Gasteiger partial charge in [-0.25, -0.2) is 0 Å². The van der Waals surface area contributed by atoms with Crippen LogP contribution in [0.25, 0.3) is 0 Å². The molecule has 1 aromatic rings. The SMILES string of the molecule is CNCCc1cccc(C2CCC2)c1. The molecule has 1 aliphatic carbocycles. The number of likely N-dealkylation sites (N-methyl/N-ethyl adjacent to an activating group) is 1. The molecular formula is C13H19N. The Morgan fingerprint density at radius 3 is 2.86 bits per heavy atom. The van der Waals surface area contributed by atoms with Gasteiger partial charge in [0.15, 0.2) is 0 Å². The molecule has 76 valence electrons. The smallest absolute Gasteiger partial charge is 0.00114 e. The summed E-state index contributed by atoms with van der Waals surface area (Å²) in [6, 6.07) is 9.12. The Hall–Kier alpha value is -0.820. The highest BCUT2D eigenvalue weighted by Gasteiger charge is 2.19. The zero-order chi connectivity index (χ0) is 9.80. The molecule has 0 bridgehead atoms. The molecule has 1 aliphatic rings. The summed E-state index contributed by atoms with van der Waals surface area (Å²) in [7, 11) is 2.01. The second-order valence-corrected chi connectivity index (χ2v) is 4.23. The van der Waals surface area contributed by atoms with Crippen LogP contribution in [-0.4, -0.2) is 13.6 Å². The molecule has 0 heterocycles. The molecule has 0 unspecified atom stereocenters. The fourth-order valence-electron chi connectivity index (χ4n) is 2.01. The highest BCUT2D eigenvalue weighted by Crippen LogP contribution is 2.36. The van der Waals surface area contributed by atoms with Gasteiger partial charge in [0.05, 0.1) is 0 Å². The van der Waals surface area contributed by atoms with Crippen LogP contribution in [0.15, 0.2) is 24.3 Å². The first-order chi connectivity index (χ1) is 6.90. The van der Waals surface area contributed by atoms with Crippen LogP contribution >= 0.6 is 0 Å². The highest BCUT2D eigenvalue weighted by atomic mass is 14.8. The molecule has 2 rings (SSSR count). The van der Waals surface area contributed by atoms with E-state index in [-0.39, 0.29) is 0 Å². The van der Waals surface area contributed by atoms with Gasteiger partial charge in [0.1, 0.15) is 0 Å². The first-order valence-corrected chi connectivity index (χ1v) is 5.63. The molecule has 0 aromatic heterocycles. The van der Waals surface area contributed by atoms with Crippen molar-refractivity contribution >= 4 is 0 Å². The number of nitrogens with one attached hydrogen (secondary N) is 1. The van der Waals surface area contributed by atoms with E-state index in [1.807, 2.05) is 7.05 Å². The van der Waals surface area contributed by atoms with Gasteiger partial charge < -0.3 is 5.32 Å². The second kappa shape index (κ2) is 4.61. The van der Waals surface area contributed by atoms with Gasteiger partial charge in [-0.2, -0.15) is 0 Å². The summed E-state index contributed by atoms with van der Waals surface area (Å²) in [5.74, 6) is 0.865. The average molecular weight is 189 g/mol. The van der Waals surface area contributed by atoms with Crippen molar-refractivity contribution in [2.45, 2.75) is 31.6 Å². The zero-order valence-electron chi connectivity index (χ0n) is 8.92. The third-order valence-corrected chi connectivity index (χ3v) is 3.19. The fourth-order valence-corrected chi connectivity index (χ4v) is 2.01. The standard InChI is InChI=1S/C13H19N/c1-14-9-8-11-4-2-7-13(10-11)12-5-3-6-12/h2,4,7,10,12,14H,3,5-6,8-9H2,1H3. The highest BCUT2D eigenvalue weighted by molar-refractivity contribution is 5.27. The van der Waals surface area contributed by atoms with Crippen LogP contribution < -0.4 is 5.32 Å². The Balaban J connectivity index is 2.02. The maximum absolute atomic E-state index is 3.19. The van der Waals surface area contributed by atoms with Crippen LogP contribution in [0.4, 0.5) is 0 Å². The maximum Gasteiger partial charge on any atom is -0.00114 e. The van der Waals surface area contributed by atoms with E-state index >= 15 is 0 Å². The van der Waals surface area contributed by atoms with Crippen molar-refractivity contribution in [1.29, 1.82) is 0 Å². The molecule has 1 fully saturated rings. The van der Waals surface area contributed by atoms with Crippen LogP contribution in [0, 0.1) is 0 Å². The molecular weight excluding hydrogens is 170 g/mol. The minimum atomic E-state index is 0.865. The summed E-state index contributed by atoms with van der Waals surface area (Å²) in [4.78, 5) is 0. The number of benzene rings is 1. The minimum absolute atomic E-state index is 0.865. The molecule has 0 radical (unpaired) electrons. The molecule has 1 N–H and O–H groups in total. The lowest BCUT2D eigenvalue weighted by molar-refractivity contribution is 0.419. The summed E-state index contributed by atoms with van der Waals surface area (Å²) >= 11 is 0. The lowest BCUT2D eigenvalue weighted by atomic mass is 9.79. The van der Waals surface area contributed by atoms with E-state index in [9.17, 15) is 0 Å². The number of hydrogen-bond donors (Lipinski definition) is 1. The van der Waals surface area contributed by atoms with Gasteiger partial charge in [-0.15, -0.1) is 0 Å². The van der Waals surface area contributed by atoms with Crippen molar-refractivity contribution in [3.63, 3.8) is 0 Å². The third kappa shape index (κ3) is 2.16. The van der Waals surface area contributed by atoms with Crippen LogP contribution in [0.1, 0.15) is 36.3 Å². The molecule has 0 saturated heterocycles. The van der Waals surface area contributed by atoms with Crippen LogP contribution in [0.2, 0.25) is 0 Å². The predicted octanol–water partition coefficient (Wildman–Crippen LogP) is 2.72. The Morgan fingerprint density at radius 2 is 2.21 bits per heavy atom. The summed E-state index contributed by atoms with van der Waals surface area (Å²) in [6.45, 7) is 1.08. The van der Waals surface area contributed by atoms with E-state index in [2.05, 4.69) is 29.6 Å². The lowest BCUT2D eigenvalue weighted by Crippen LogP contribution is -2.12. The first-order valence-electron chi connectivity index (χ1n) is 5.63. The van der Waals surface area contributed by atoms with Gasteiger partial charge in [-0.3, -0.25) is 0 Å². The summed E-state index contributed by atoms with van der Waals surface area (Å²) < 4.78 is 0. The molecule has 0 aliphatic heterocycles. The quantitative estimate of drug-likeness (QED) is 0.768. The Bertz CT molecular complexity index is 289. The van der Waals surface area contributed by atoms with Crippen LogP contribution in [-0.2, 0) is 6.42 Å². The Kier molecular flexibility index (Phi) is 3.20. The van der Waals surface area contributed by atoms with Crippen LogP contribution in [0.3, 0.4) is 0 Å². The Labute approximate surface area is 86.5 Å². The maximum atomic E-state index is 3.19. The van der Waals surface area contributed by atoms with E-state index in [1.54, 1.807) is 5.56 Å². The van der Waals surface area contributed by atoms with E-state index in [4.69, 9.17) is 0 Å². The Morgan fingerprint density at radius 1 is 1.36 bits per heavy atom. The van der Waals surface area contributed by atoms with E-state index in [1.165, 1.54) is 24.8 Å². The minimum Gasteiger partial charge on any atom is -0.319 e. The molecule has 14 heavy (non-hydrogen) atoms. The van der Waals surface area contributed by atoms with E-state index in [0.29, 0.717) is 0 Å². The fraction of sp³-hybridized carbons (Fsp3) is 0.538. The number of rotatable bonds is 4.